The molecule has 1 saturated heterocycles. The van der Waals surface area contributed by atoms with Crippen LogP contribution >= 0.6 is 0 Å². The van der Waals surface area contributed by atoms with E-state index >= 15 is 0 Å². The Hall–Kier alpha value is -1.85. The minimum absolute atomic E-state index is 0.502. The molecule has 0 saturated carbocycles. The van der Waals surface area contributed by atoms with Gasteiger partial charge in [0.05, 0.1) is 11.6 Å². The minimum atomic E-state index is 0.502. The van der Waals surface area contributed by atoms with E-state index in [4.69, 9.17) is 5.26 Å². The summed E-state index contributed by atoms with van der Waals surface area (Å²) in [6, 6.07) is 15.2. The molecule has 0 radical (unpaired) electrons. The van der Waals surface area contributed by atoms with Gasteiger partial charge in [0.25, 0.3) is 0 Å². The fourth-order valence-corrected chi connectivity index (χ4v) is 2.53. The van der Waals surface area contributed by atoms with E-state index in [9.17, 15) is 0 Å². The predicted octanol–water partition coefficient (Wildman–Crippen LogP) is 3.09. The van der Waals surface area contributed by atoms with Gasteiger partial charge in [0, 0.05) is 6.04 Å². The van der Waals surface area contributed by atoms with Gasteiger partial charge in [0.1, 0.15) is 0 Å². The summed E-state index contributed by atoms with van der Waals surface area (Å²) >= 11 is 0. The Morgan fingerprint density at radius 1 is 1.12 bits per heavy atom. The van der Waals surface area contributed by atoms with E-state index in [-0.39, 0.29) is 0 Å². The first-order valence-electron chi connectivity index (χ1n) is 6.04. The van der Waals surface area contributed by atoms with Crippen LogP contribution in [0.1, 0.15) is 30.0 Å². The van der Waals surface area contributed by atoms with Crippen molar-refractivity contribution in [3.8, 4) is 17.2 Å². The van der Waals surface area contributed by atoms with Crippen molar-refractivity contribution in [3.05, 3.63) is 47.5 Å². The van der Waals surface area contributed by atoms with Crippen LogP contribution in [0.4, 0.5) is 0 Å². The summed E-state index contributed by atoms with van der Waals surface area (Å²) in [5.41, 5.74) is 4.38. The van der Waals surface area contributed by atoms with E-state index in [0.29, 0.717) is 6.04 Å². The number of nitriles is 1. The molecule has 1 atom stereocenters. The molecule has 0 aromatic carbocycles. The van der Waals surface area contributed by atoms with Crippen LogP contribution in [0.25, 0.3) is 11.1 Å². The van der Waals surface area contributed by atoms with Gasteiger partial charge in [-0.3, -0.25) is 0 Å². The molecule has 1 N–H and O–H groups in total. The monoisotopic (exact) mass is 222 g/mol. The average Bonchev–Trinajstić information content (AvgIpc) is 2.96. The van der Waals surface area contributed by atoms with Crippen molar-refractivity contribution in [1.29, 1.82) is 5.26 Å². The van der Waals surface area contributed by atoms with Gasteiger partial charge in [-0.25, -0.2) is 0 Å². The molecular formula is C15H14N2. The van der Waals surface area contributed by atoms with E-state index in [2.05, 4.69) is 35.7 Å². The lowest BCUT2D eigenvalue weighted by Gasteiger charge is -2.07. The van der Waals surface area contributed by atoms with Crippen molar-refractivity contribution in [2.75, 3.05) is 6.54 Å². The molecule has 0 amide bonds. The molecule has 84 valence electrons. The van der Waals surface area contributed by atoms with Gasteiger partial charge in [0.2, 0.25) is 0 Å². The molecule has 1 aliphatic heterocycles. The van der Waals surface area contributed by atoms with Crippen molar-refractivity contribution in [2.24, 2.45) is 0 Å². The van der Waals surface area contributed by atoms with Gasteiger partial charge < -0.3 is 5.32 Å². The van der Waals surface area contributed by atoms with Crippen molar-refractivity contribution in [1.82, 2.24) is 5.32 Å². The maximum absolute atomic E-state index is 8.87. The molecule has 0 aromatic rings. The maximum atomic E-state index is 8.87. The zero-order valence-corrected chi connectivity index (χ0v) is 9.61. The Kier molecular flexibility index (Phi) is 2.55. The van der Waals surface area contributed by atoms with E-state index in [1.165, 1.54) is 18.4 Å². The van der Waals surface area contributed by atoms with Gasteiger partial charge in [-0.1, -0.05) is 24.3 Å². The lowest BCUT2D eigenvalue weighted by atomic mass is 10.1. The number of nitrogens with one attached hydrogen (secondary N) is 1. The van der Waals surface area contributed by atoms with Crippen LogP contribution in [0.5, 0.6) is 0 Å². The molecule has 3 rings (SSSR count). The van der Waals surface area contributed by atoms with E-state index < -0.39 is 0 Å². The topological polar surface area (TPSA) is 35.8 Å². The van der Waals surface area contributed by atoms with Crippen LogP contribution in [0.3, 0.4) is 0 Å². The smallest absolute Gasteiger partial charge is 0.0992 e. The lowest BCUT2D eigenvalue weighted by Crippen LogP contribution is -2.11. The maximum Gasteiger partial charge on any atom is 0.0992 e. The summed E-state index contributed by atoms with van der Waals surface area (Å²) < 4.78 is 0. The Morgan fingerprint density at radius 2 is 1.82 bits per heavy atom. The molecular weight excluding hydrogens is 208 g/mol. The first-order chi connectivity index (χ1) is 8.36. The molecule has 1 fully saturated rings. The second-order valence-corrected chi connectivity index (χ2v) is 4.58. The molecule has 0 bridgehead atoms. The van der Waals surface area contributed by atoms with E-state index in [1.807, 2.05) is 12.1 Å². The Balaban J connectivity index is 2.02. The summed E-state index contributed by atoms with van der Waals surface area (Å²) in [5, 5.41) is 12.4. The third kappa shape index (κ3) is 1.90. The summed E-state index contributed by atoms with van der Waals surface area (Å²) in [6.45, 7) is 1.12. The third-order valence-electron chi connectivity index (χ3n) is 3.46. The summed E-state index contributed by atoms with van der Waals surface area (Å²) in [4.78, 5) is 0. The zero-order chi connectivity index (χ0) is 11.7. The molecule has 2 aliphatic carbocycles. The highest BCUT2D eigenvalue weighted by molar-refractivity contribution is 5.70. The second-order valence-electron chi connectivity index (χ2n) is 4.58. The summed E-state index contributed by atoms with van der Waals surface area (Å²) in [7, 11) is 0. The van der Waals surface area contributed by atoms with Crippen LogP contribution in [0.15, 0.2) is 36.4 Å². The number of hydrogen-bond donors (Lipinski definition) is 1. The van der Waals surface area contributed by atoms with E-state index in [0.717, 1.165) is 23.2 Å². The van der Waals surface area contributed by atoms with Crippen LogP contribution in [0, 0.1) is 11.3 Å². The number of hydrogen-bond acceptors (Lipinski definition) is 2. The highest BCUT2D eigenvalue weighted by atomic mass is 14.9. The Labute approximate surface area is 101 Å². The van der Waals surface area contributed by atoms with Crippen molar-refractivity contribution in [3.63, 3.8) is 0 Å². The highest BCUT2D eigenvalue weighted by Gasteiger charge is 2.15. The van der Waals surface area contributed by atoms with Crippen molar-refractivity contribution >= 4 is 0 Å². The average molecular weight is 222 g/mol. The van der Waals surface area contributed by atoms with Gasteiger partial charge in [-0.05, 0) is 48.2 Å². The molecule has 1 unspecified atom stereocenters. The SMILES string of the molecule is N#Cc1cc2ccc(C3CCCN3)ccc-2c1. The molecule has 3 aliphatic rings. The van der Waals surface area contributed by atoms with Gasteiger partial charge in [-0.2, -0.15) is 5.26 Å². The largest absolute Gasteiger partial charge is 0.310 e. The summed E-state index contributed by atoms with van der Waals surface area (Å²) in [5.74, 6) is 0. The van der Waals surface area contributed by atoms with Crippen LogP contribution in [-0.4, -0.2) is 6.54 Å². The summed E-state index contributed by atoms with van der Waals surface area (Å²) in [6.07, 6.45) is 2.48. The number of rotatable bonds is 1. The standard InChI is InChI=1S/C15H14N2/c16-10-11-8-13-5-3-12(4-6-14(13)9-11)15-2-1-7-17-15/h3-6,8-9,15,17H,1-2,7H2. The normalized spacial score (nSPS) is 19.4. The molecule has 0 aromatic heterocycles. The lowest BCUT2D eigenvalue weighted by molar-refractivity contribution is 0.648. The van der Waals surface area contributed by atoms with Crippen LogP contribution < -0.4 is 5.32 Å². The molecule has 2 nitrogen and oxygen atoms in total. The van der Waals surface area contributed by atoms with Gasteiger partial charge >= 0.3 is 0 Å². The molecule has 0 spiro atoms. The second kappa shape index (κ2) is 4.20. The fraction of sp³-hybridized carbons (Fsp3) is 0.267. The Morgan fingerprint density at radius 3 is 2.35 bits per heavy atom. The fourth-order valence-electron chi connectivity index (χ4n) is 2.53. The Bertz CT molecular complexity index is 514. The zero-order valence-electron chi connectivity index (χ0n) is 9.61. The van der Waals surface area contributed by atoms with Crippen LogP contribution in [0.2, 0.25) is 0 Å². The van der Waals surface area contributed by atoms with Crippen molar-refractivity contribution < 1.29 is 0 Å². The number of nitrogens with zero attached hydrogens (tertiary/aromatic N) is 1. The minimum Gasteiger partial charge on any atom is -0.310 e. The third-order valence-corrected chi connectivity index (χ3v) is 3.46. The molecule has 1 heterocycles. The van der Waals surface area contributed by atoms with Gasteiger partial charge in [-0.15, -0.1) is 0 Å². The van der Waals surface area contributed by atoms with Crippen molar-refractivity contribution in [2.45, 2.75) is 18.9 Å². The van der Waals surface area contributed by atoms with Crippen LogP contribution in [-0.2, 0) is 0 Å². The van der Waals surface area contributed by atoms with Gasteiger partial charge in [0.15, 0.2) is 0 Å². The first kappa shape index (κ1) is 10.3. The quantitative estimate of drug-likeness (QED) is 0.804. The number of fused-ring (bicyclic) bond motifs is 1. The molecule has 2 heteroatoms. The first-order valence-corrected chi connectivity index (χ1v) is 6.04. The predicted molar refractivity (Wildman–Crippen MR) is 67.8 cm³/mol. The highest BCUT2D eigenvalue weighted by Crippen LogP contribution is 2.28. The molecule has 17 heavy (non-hydrogen) atoms. The van der Waals surface area contributed by atoms with E-state index in [1.54, 1.807) is 0 Å².